The van der Waals surface area contributed by atoms with Crippen LogP contribution in [0.4, 0.5) is 10.1 Å². The highest BCUT2D eigenvalue weighted by atomic mass is 35.5. The van der Waals surface area contributed by atoms with E-state index in [2.05, 4.69) is 10.3 Å². The third-order valence-corrected chi connectivity index (χ3v) is 3.47. The van der Waals surface area contributed by atoms with Gasteiger partial charge in [0, 0.05) is 11.6 Å². The molecule has 1 aromatic heterocycles. The third-order valence-electron chi connectivity index (χ3n) is 3.17. The lowest BCUT2D eigenvalue weighted by Gasteiger charge is -2.10. The van der Waals surface area contributed by atoms with Crippen LogP contribution in [0, 0.1) is 5.82 Å². The second kappa shape index (κ2) is 6.62. The Morgan fingerprint density at radius 2 is 2.09 bits per heavy atom. The number of carbonyl (C=O) groups excluding carboxylic acids is 1. The fourth-order valence-electron chi connectivity index (χ4n) is 2.13. The van der Waals surface area contributed by atoms with Crippen LogP contribution in [0.25, 0.3) is 10.9 Å². The molecule has 1 heterocycles. The van der Waals surface area contributed by atoms with E-state index in [1.54, 1.807) is 18.3 Å². The molecule has 0 fully saturated rings. The molecule has 3 rings (SSSR count). The Labute approximate surface area is 136 Å². The SMILES string of the molecule is O=C(COc1ccc(F)cc1Cl)Nc1cccc2ncccc12. The summed E-state index contributed by atoms with van der Waals surface area (Å²) >= 11 is 5.85. The Hall–Kier alpha value is -2.66. The second-order valence-corrected chi connectivity index (χ2v) is 5.19. The predicted octanol–water partition coefficient (Wildman–Crippen LogP) is 4.04. The van der Waals surface area contributed by atoms with Crippen LogP contribution in [0.3, 0.4) is 0 Å². The molecule has 0 bridgehead atoms. The molecule has 0 spiro atoms. The molecule has 23 heavy (non-hydrogen) atoms. The zero-order valence-corrected chi connectivity index (χ0v) is 12.7. The van der Waals surface area contributed by atoms with Crippen LogP contribution in [0.1, 0.15) is 0 Å². The van der Waals surface area contributed by atoms with Crippen molar-refractivity contribution in [1.29, 1.82) is 0 Å². The summed E-state index contributed by atoms with van der Waals surface area (Å²) in [5.74, 6) is -0.556. The van der Waals surface area contributed by atoms with Crippen LogP contribution in [0.2, 0.25) is 5.02 Å². The van der Waals surface area contributed by atoms with Gasteiger partial charge >= 0.3 is 0 Å². The van der Waals surface area contributed by atoms with Crippen molar-refractivity contribution < 1.29 is 13.9 Å². The van der Waals surface area contributed by atoms with Crippen molar-refractivity contribution in [2.45, 2.75) is 0 Å². The minimum Gasteiger partial charge on any atom is -0.482 e. The smallest absolute Gasteiger partial charge is 0.262 e. The van der Waals surface area contributed by atoms with Gasteiger partial charge in [0.05, 0.1) is 16.2 Å². The van der Waals surface area contributed by atoms with Crippen LogP contribution in [-0.2, 0) is 4.79 Å². The summed E-state index contributed by atoms with van der Waals surface area (Å²) in [6, 6.07) is 12.9. The van der Waals surface area contributed by atoms with Gasteiger partial charge in [0.25, 0.3) is 5.91 Å². The maximum absolute atomic E-state index is 13.0. The number of anilines is 1. The number of carbonyl (C=O) groups is 1. The molecule has 0 saturated carbocycles. The summed E-state index contributed by atoms with van der Waals surface area (Å²) in [4.78, 5) is 16.3. The van der Waals surface area contributed by atoms with E-state index in [1.807, 2.05) is 18.2 Å². The van der Waals surface area contributed by atoms with Crippen molar-refractivity contribution in [2.24, 2.45) is 0 Å². The molecule has 0 aliphatic heterocycles. The number of hydrogen-bond acceptors (Lipinski definition) is 3. The molecule has 6 heteroatoms. The number of aromatic nitrogens is 1. The van der Waals surface area contributed by atoms with E-state index in [0.717, 1.165) is 17.0 Å². The molecule has 0 radical (unpaired) electrons. The molecular weight excluding hydrogens is 319 g/mol. The number of pyridine rings is 1. The molecule has 3 aromatic rings. The summed E-state index contributed by atoms with van der Waals surface area (Å²) < 4.78 is 18.3. The molecular formula is C17H12ClFN2O2. The number of hydrogen-bond donors (Lipinski definition) is 1. The first-order valence-corrected chi connectivity index (χ1v) is 7.23. The van der Waals surface area contributed by atoms with Crippen LogP contribution >= 0.6 is 11.6 Å². The molecule has 1 amide bonds. The Morgan fingerprint density at radius 3 is 2.91 bits per heavy atom. The fourth-order valence-corrected chi connectivity index (χ4v) is 2.36. The standard InChI is InChI=1S/C17H12ClFN2O2/c18-13-9-11(19)6-7-16(13)23-10-17(22)21-15-5-1-4-14-12(15)3-2-8-20-14/h1-9H,10H2,(H,21,22). The molecule has 1 N–H and O–H groups in total. The first kappa shape index (κ1) is 15.2. The Kier molecular flexibility index (Phi) is 4.39. The second-order valence-electron chi connectivity index (χ2n) is 4.79. The lowest BCUT2D eigenvalue weighted by Crippen LogP contribution is -2.20. The highest BCUT2D eigenvalue weighted by molar-refractivity contribution is 6.32. The average Bonchev–Trinajstić information content (AvgIpc) is 2.54. The topological polar surface area (TPSA) is 51.2 Å². The van der Waals surface area contributed by atoms with E-state index in [0.29, 0.717) is 5.69 Å². The largest absolute Gasteiger partial charge is 0.482 e. The third kappa shape index (κ3) is 3.57. The van der Waals surface area contributed by atoms with Gasteiger partial charge in [0.15, 0.2) is 6.61 Å². The molecule has 2 aromatic carbocycles. The van der Waals surface area contributed by atoms with Gasteiger partial charge in [-0.2, -0.15) is 0 Å². The van der Waals surface area contributed by atoms with E-state index in [1.165, 1.54) is 12.1 Å². The van der Waals surface area contributed by atoms with Crippen LogP contribution in [-0.4, -0.2) is 17.5 Å². The summed E-state index contributed by atoms with van der Waals surface area (Å²) in [6.45, 7) is -0.234. The molecule has 116 valence electrons. The molecule has 0 saturated heterocycles. The molecule has 4 nitrogen and oxygen atoms in total. The van der Waals surface area contributed by atoms with Crippen molar-refractivity contribution in [3.05, 3.63) is 65.6 Å². The van der Waals surface area contributed by atoms with E-state index < -0.39 is 5.82 Å². The van der Waals surface area contributed by atoms with Crippen molar-refractivity contribution >= 4 is 34.1 Å². The van der Waals surface area contributed by atoms with Gasteiger partial charge in [0.1, 0.15) is 11.6 Å². The van der Waals surface area contributed by atoms with Gasteiger partial charge in [-0.15, -0.1) is 0 Å². The van der Waals surface area contributed by atoms with E-state index in [9.17, 15) is 9.18 Å². The number of benzene rings is 2. The van der Waals surface area contributed by atoms with Crippen LogP contribution < -0.4 is 10.1 Å². The highest BCUT2D eigenvalue weighted by Gasteiger charge is 2.09. The minimum atomic E-state index is -0.463. The zero-order valence-electron chi connectivity index (χ0n) is 11.9. The molecule has 0 aliphatic rings. The Bertz CT molecular complexity index is 865. The zero-order chi connectivity index (χ0) is 16.2. The van der Waals surface area contributed by atoms with Crippen LogP contribution in [0.15, 0.2) is 54.7 Å². The number of ether oxygens (including phenoxy) is 1. The number of nitrogens with one attached hydrogen (secondary N) is 1. The number of halogens is 2. The fraction of sp³-hybridized carbons (Fsp3) is 0.0588. The highest BCUT2D eigenvalue weighted by Crippen LogP contribution is 2.25. The van der Waals surface area contributed by atoms with Gasteiger partial charge in [-0.1, -0.05) is 17.7 Å². The number of nitrogens with zero attached hydrogens (tertiary/aromatic N) is 1. The predicted molar refractivity (Wildman–Crippen MR) is 87.3 cm³/mol. The van der Waals surface area contributed by atoms with Gasteiger partial charge in [-0.25, -0.2) is 4.39 Å². The first-order valence-electron chi connectivity index (χ1n) is 6.85. The van der Waals surface area contributed by atoms with Crippen molar-refractivity contribution in [3.8, 4) is 5.75 Å². The normalized spacial score (nSPS) is 10.5. The first-order chi connectivity index (χ1) is 11.1. The van der Waals surface area contributed by atoms with Gasteiger partial charge in [-0.05, 0) is 42.5 Å². The molecule has 0 unspecified atom stereocenters. The lowest BCUT2D eigenvalue weighted by atomic mass is 10.2. The lowest BCUT2D eigenvalue weighted by molar-refractivity contribution is -0.118. The van der Waals surface area contributed by atoms with E-state index in [-0.39, 0.29) is 23.3 Å². The van der Waals surface area contributed by atoms with Gasteiger partial charge in [0.2, 0.25) is 0 Å². The van der Waals surface area contributed by atoms with Crippen LogP contribution in [0.5, 0.6) is 5.75 Å². The van der Waals surface area contributed by atoms with E-state index in [4.69, 9.17) is 16.3 Å². The minimum absolute atomic E-state index is 0.118. The summed E-state index contributed by atoms with van der Waals surface area (Å²) in [5.41, 5.74) is 1.43. The summed E-state index contributed by atoms with van der Waals surface area (Å²) in [7, 11) is 0. The van der Waals surface area contributed by atoms with Gasteiger partial charge in [-0.3, -0.25) is 9.78 Å². The molecule has 0 aliphatic carbocycles. The molecule has 0 atom stereocenters. The maximum atomic E-state index is 13.0. The monoisotopic (exact) mass is 330 g/mol. The number of rotatable bonds is 4. The number of amides is 1. The van der Waals surface area contributed by atoms with Crippen molar-refractivity contribution in [3.63, 3.8) is 0 Å². The summed E-state index contributed by atoms with van der Waals surface area (Å²) in [5, 5.41) is 3.72. The quantitative estimate of drug-likeness (QED) is 0.785. The van der Waals surface area contributed by atoms with E-state index >= 15 is 0 Å². The average molecular weight is 331 g/mol. The van der Waals surface area contributed by atoms with Crippen molar-refractivity contribution in [2.75, 3.05) is 11.9 Å². The Morgan fingerprint density at radius 1 is 1.22 bits per heavy atom. The number of fused-ring (bicyclic) bond motifs is 1. The maximum Gasteiger partial charge on any atom is 0.262 e. The van der Waals surface area contributed by atoms with Crippen molar-refractivity contribution in [1.82, 2.24) is 4.98 Å². The van der Waals surface area contributed by atoms with Gasteiger partial charge < -0.3 is 10.1 Å². The summed E-state index contributed by atoms with van der Waals surface area (Å²) in [6.07, 6.45) is 1.69. The Balaban J connectivity index is 1.69.